The predicted molar refractivity (Wildman–Crippen MR) is 37.7 cm³/mol. The summed E-state index contributed by atoms with van der Waals surface area (Å²) >= 11 is 0. The highest BCUT2D eigenvalue weighted by molar-refractivity contribution is 7.63. The van der Waals surface area contributed by atoms with Crippen molar-refractivity contribution in [1.29, 1.82) is 0 Å². The van der Waals surface area contributed by atoms with Crippen molar-refractivity contribution in [3.8, 4) is 0 Å². The normalized spacial score (nSPS) is 11.9. The van der Waals surface area contributed by atoms with Gasteiger partial charge in [-0.05, 0) is 12.3 Å². The lowest BCUT2D eigenvalue weighted by molar-refractivity contribution is 0.576. The monoisotopic (exact) mass is 135 g/mol. The van der Waals surface area contributed by atoms with E-state index in [0.29, 0.717) is 6.29 Å². The van der Waals surface area contributed by atoms with Crippen LogP contribution in [0.2, 0.25) is 0 Å². The standard InChI is InChI=1S/C5H14NOP/c1-3-8(7,4-2)5-6/h3-6H2,1-2H3. The molecule has 0 saturated carbocycles. The van der Waals surface area contributed by atoms with E-state index in [9.17, 15) is 4.57 Å². The van der Waals surface area contributed by atoms with E-state index in [4.69, 9.17) is 5.73 Å². The topological polar surface area (TPSA) is 43.1 Å². The first-order valence-electron chi connectivity index (χ1n) is 2.95. The maximum atomic E-state index is 11.2. The molecule has 2 N–H and O–H groups in total. The third-order valence-corrected chi connectivity index (χ3v) is 4.46. The van der Waals surface area contributed by atoms with E-state index in [2.05, 4.69) is 0 Å². The molecule has 50 valence electrons. The Morgan fingerprint density at radius 2 is 1.75 bits per heavy atom. The fourth-order valence-electron chi connectivity index (χ4n) is 0.482. The number of rotatable bonds is 3. The SMILES string of the molecule is CCP(=O)(CC)CN. The largest absolute Gasteiger partial charge is 0.324 e. The van der Waals surface area contributed by atoms with Crippen molar-refractivity contribution < 1.29 is 4.57 Å². The van der Waals surface area contributed by atoms with E-state index >= 15 is 0 Å². The van der Waals surface area contributed by atoms with E-state index < -0.39 is 7.14 Å². The van der Waals surface area contributed by atoms with Gasteiger partial charge < -0.3 is 10.3 Å². The highest BCUT2D eigenvalue weighted by Gasteiger charge is 2.12. The van der Waals surface area contributed by atoms with Gasteiger partial charge in [-0.1, -0.05) is 13.8 Å². The molecular weight excluding hydrogens is 121 g/mol. The Labute approximate surface area is 50.8 Å². The highest BCUT2D eigenvalue weighted by Crippen LogP contribution is 2.41. The molecule has 0 rings (SSSR count). The average molecular weight is 135 g/mol. The van der Waals surface area contributed by atoms with Crippen molar-refractivity contribution in [3.63, 3.8) is 0 Å². The second-order valence-corrected chi connectivity index (χ2v) is 5.62. The molecule has 0 saturated heterocycles. The molecule has 0 bridgehead atoms. The number of hydrogen-bond donors (Lipinski definition) is 1. The average Bonchev–Trinajstić information content (AvgIpc) is 1.87. The van der Waals surface area contributed by atoms with Crippen molar-refractivity contribution >= 4 is 7.14 Å². The maximum absolute atomic E-state index is 11.2. The molecule has 0 aromatic heterocycles. The van der Waals surface area contributed by atoms with E-state index in [1.165, 1.54) is 0 Å². The summed E-state index contributed by atoms with van der Waals surface area (Å²) in [6.45, 7) is 3.86. The van der Waals surface area contributed by atoms with Gasteiger partial charge in [-0.15, -0.1) is 0 Å². The summed E-state index contributed by atoms with van der Waals surface area (Å²) in [7, 11) is -1.88. The maximum Gasteiger partial charge on any atom is 0.1000 e. The lowest BCUT2D eigenvalue weighted by Crippen LogP contribution is -2.03. The summed E-state index contributed by atoms with van der Waals surface area (Å²) in [6.07, 6.45) is 1.88. The molecule has 0 amide bonds. The minimum Gasteiger partial charge on any atom is -0.324 e. The van der Waals surface area contributed by atoms with E-state index in [-0.39, 0.29) is 0 Å². The zero-order valence-corrected chi connectivity index (χ0v) is 6.45. The smallest absolute Gasteiger partial charge is 0.1000 e. The van der Waals surface area contributed by atoms with Crippen molar-refractivity contribution in [2.24, 2.45) is 5.73 Å². The summed E-state index contributed by atoms with van der Waals surface area (Å²) in [5.41, 5.74) is 5.26. The van der Waals surface area contributed by atoms with Crippen LogP contribution in [-0.4, -0.2) is 18.6 Å². The van der Waals surface area contributed by atoms with Crippen LogP contribution >= 0.6 is 7.14 Å². The van der Waals surface area contributed by atoms with Crippen molar-refractivity contribution in [3.05, 3.63) is 0 Å². The van der Waals surface area contributed by atoms with E-state index in [1.807, 2.05) is 13.8 Å². The Morgan fingerprint density at radius 3 is 1.75 bits per heavy atom. The fourth-order valence-corrected chi connectivity index (χ4v) is 1.45. The molecule has 2 nitrogen and oxygen atoms in total. The van der Waals surface area contributed by atoms with Gasteiger partial charge in [0.25, 0.3) is 0 Å². The zero-order chi connectivity index (χ0) is 6.62. The Morgan fingerprint density at radius 1 is 1.38 bits per heavy atom. The predicted octanol–water partition coefficient (Wildman–Crippen LogP) is 1.31. The molecular formula is C5H14NOP. The molecule has 0 heterocycles. The van der Waals surface area contributed by atoms with Gasteiger partial charge in [-0.25, -0.2) is 0 Å². The molecule has 0 aromatic rings. The molecule has 0 atom stereocenters. The van der Waals surface area contributed by atoms with Gasteiger partial charge in [0.2, 0.25) is 0 Å². The lowest BCUT2D eigenvalue weighted by Gasteiger charge is -2.08. The molecule has 3 heteroatoms. The minimum absolute atomic E-state index is 0.375. The zero-order valence-electron chi connectivity index (χ0n) is 5.55. The molecule has 0 aromatic carbocycles. The molecule has 0 unspecified atom stereocenters. The lowest BCUT2D eigenvalue weighted by atomic mass is 11.0. The van der Waals surface area contributed by atoms with Crippen molar-refractivity contribution in [2.75, 3.05) is 18.6 Å². The van der Waals surface area contributed by atoms with Crippen LogP contribution in [0.3, 0.4) is 0 Å². The minimum atomic E-state index is -1.88. The van der Waals surface area contributed by atoms with E-state index in [0.717, 1.165) is 12.3 Å². The van der Waals surface area contributed by atoms with Crippen LogP contribution < -0.4 is 5.73 Å². The first-order chi connectivity index (χ1) is 3.68. The fraction of sp³-hybridized carbons (Fsp3) is 1.00. The molecule has 8 heavy (non-hydrogen) atoms. The first-order valence-corrected chi connectivity index (χ1v) is 5.22. The van der Waals surface area contributed by atoms with E-state index in [1.54, 1.807) is 0 Å². The quantitative estimate of drug-likeness (QED) is 0.593. The van der Waals surface area contributed by atoms with Crippen LogP contribution in [0.5, 0.6) is 0 Å². The Kier molecular flexibility index (Phi) is 3.34. The van der Waals surface area contributed by atoms with Crippen LogP contribution in [0.1, 0.15) is 13.8 Å². The van der Waals surface area contributed by atoms with Crippen LogP contribution in [0, 0.1) is 0 Å². The van der Waals surface area contributed by atoms with Gasteiger partial charge >= 0.3 is 0 Å². The second kappa shape index (κ2) is 3.26. The summed E-state index contributed by atoms with van der Waals surface area (Å²) in [4.78, 5) is 0. The molecule has 0 aliphatic heterocycles. The first kappa shape index (κ1) is 8.19. The molecule has 0 aliphatic carbocycles. The summed E-state index contributed by atoms with van der Waals surface area (Å²) < 4.78 is 11.2. The number of nitrogens with two attached hydrogens (primary N) is 1. The molecule has 0 fully saturated rings. The molecule has 0 aliphatic rings. The third-order valence-electron chi connectivity index (χ3n) is 1.49. The summed E-state index contributed by atoms with van der Waals surface area (Å²) in [6, 6.07) is 0. The Hall–Kier alpha value is 0.190. The van der Waals surface area contributed by atoms with Gasteiger partial charge in [0.1, 0.15) is 0 Å². The Balaban J connectivity index is 3.79. The highest BCUT2D eigenvalue weighted by atomic mass is 31.2. The molecule has 0 spiro atoms. The van der Waals surface area contributed by atoms with Gasteiger partial charge in [-0.2, -0.15) is 0 Å². The van der Waals surface area contributed by atoms with Crippen LogP contribution in [-0.2, 0) is 4.57 Å². The molecule has 0 radical (unpaired) electrons. The van der Waals surface area contributed by atoms with Gasteiger partial charge in [-0.3, -0.25) is 0 Å². The van der Waals surface area contributed by atoms with Gasteiger partial charge in [0.05, 0.1) is 7.14 Å². The van der Waals surface area contributed by atoms with Gasteiger partial charge in [0.15, 0.2) is 0 Å². The summed E-state index contributed by atoms with van der Waals surface area (Å²) in [5.74, 6) is 0. The van der Waals surface area contributed by atoms with Crippen molar-refractivity contribution in [2.45, 2.75) is 13.8 Å². The van der Waals surface area contributed by atoms with Crippen LogP contribution in [0.25, 0.3) is 0 Å². The Bertz CT molecular complexity index is 83.6. The summed E-state index contributed by atoms with van der Waals surface area (Å²) in [5, 5.41) is 0. The van der Waals surface area contributed by atoms with Crippen LogP contribution in [0.4, 0.5) is 0 Å². The second-order valence-electron chi connectivity index (χ2n) is 1.87. The van der Waals surface area contributed by atoms with Crippen LogP contribution in [0.15, 0.2) is 0 Å². The number of hydrogen-bond acceptors (Lipinski definition) is 2. The third kappa shape index (κ3) is 1.97. The van der Waals surface area contributed by atoms with Crippen molar-refractivity contribution in [1.82, 2.24) is 0 Å². The van der Waals surface area contributed by atoms with Gasteiger partial charge in [0, 0.05) is 6.29 Å².